The molecular formula is C21H28N4O3. The molecule has 0 radical (unpaired) electrons. The molecule has 3 amide bonds. The van der Waals surface area contributed by atoms with Crippen molar-refractivity contribution in [2.75, 3.05) is 37.7 Å². The van der Waals surface area contributed by atoms with E-state index in [9.17, 15) is 14.4 Å². The molecule has 1 aromatic carbocycles. The highest BCUT2D eigenvalue weighted by Gasteiger charge is 2.50. The van der Waals surface area contributed by atoms with E-state index >= 15 is 0 Å². The number of amides is 3. The summed E-state index contributed by atoms with van der Waals surface area (Å²) in [6.07, 6.45) is 4.69. The summed E-state index contributed by atoms with van der Waals surface area (Å²) in [6.45, 7) is 2.42. The molecule has 0 saturated carbocycles. The first kappa shape index (κ1) is 18.8. The lowest BCUT2D eigenvalue weighted by atomic mass is 9.85. The Morgan fingerprint density at radius 1 is 1.00 bits per heavy atom. The van der Waals surface area contributed by atoms with Gasteiger partial charge >= 0.3 is 0 Å². The van der Waals surface area contributed by atoms with Crippen LogP contribution in [0.3, 0.4) is 0 Å². The zero-order chi connectivity index (χ0) is 19.6. The number of rotatable bonds is 3. The number of carbonyl (C=O) groups is 3. The molecule has 0 aromatic heterocycles. The maximum Gasteiger partial charge on any atom is 0.247 e. The Morgan fingerprint density at radius 3 is 2.50 bits per heavy atom. The number of carbonyl (C=O) groups excluding carboxylic acids is 3. The standard InChI is InChI=1S/C21H28N4O3/c26-18-9-5-2-6-12-24(18)15-19(27)23-13-10-21(11-14-23)20(28)22-16-25(21)17-7-3-1-4-8-17/h1,3-4,7-8H,2,5-6,9-16H2,(H,22,28). The van der Waals surface area contributed by atoms with E-state index in [0.29, 0.717) is 45.6 Å². The van der Waals surface area contributed by atoms with Gasteiger partial charge in [-0.3, -0.25) is 14.4 Å². The third-order valence-corrected chi connectivity index (χ3v) is 6.35. The monoisotopic (exact) mass is 384 g/mol. The van der Waals surface area contributed by atoms with Crippen LogP contribution in [0.2, 0.25) is 0 Å². The van der Waals surface area contributed by atoms with Crippen molar-refractivity contribution in [3.63, 3.8) is 0 Å². The van der Waals surface area contributed by atoms with Gasteiger partial charge in [-0.2, -0.15) is 0 Å². The van der Waals surface area contributed by atoms with Crippen molar-refractivity contribution < 1.29 is 14.4 Å². The van der Waals surface area contributed by atoms with Crippen LogP contribution in [0.4, 0.5) is 5.69 Å². The smallest absolute Gasteiger partial charge is 0.247 e. The zero-order valence-electron chi connectivity index (χ0n) is 16.2. The van der Waals surface area contributed by atoms with Gasteiger partial charge in [0.25, 0.3) is 0 Å². The molecule has 0 atom stereocenters. The Morgan fingerprint density at radius 2 is 1.75 bits per heavy atom. The van der Waals surface area contributed by atoms with E-state index in [1.54, 1.807) is 4.90 Å². The summed E-state index contributed by atoms with van der Waals surface area (Å²) in [5.41, 5.74) is 0.437. The molecule has 1 spiro atoms. The minimum atomic E-state index is -0.587. The molecule has 3 saturated heterocycles. The molecule has 3 aliphatic rings. The summed E-state index contributed by atoms with van der Waals surface area (Å²) in [6, 6.07) is 9.95. The number of hydrogen-bond donors (Lipinski definition) is 1. The molecule has 3 fully saturated rings. The molecule has 1 N–H and O–H groups in total. The molecular weight excluding hydrogens is 356 g/mol. The fourth-order valence-corrected chi connectivity index (χ4v) is 4.63. The quantitative estimate of drug-likeness (QED) is 0.854. The van der Waals surface area contributed by atoms with Gasteiger partial charge in [-0.25, -0.2) is 0 Å². The Hall–Kier alpha value is -2.57. The second-order valence-electron chi connectivity index (χ2n) is 7.97. The van der Waals surface area contributed by atoms with Gasteiger partial charge in [-0.15, -0.1) is 0 Å². The highest BCUT2D eigenvalue weighted by atomic mass is 16.2. The number of hydrogen-bond acceptors (Lipinski definition) is 4. The summed E-state index contributed by atoms with van der Waals surface area (Å²) in [7, 11) is 0. The van der Waals surface area contributed by atoms with Gasteiger partial charge in [0.1, 0.15) is 5.54 Å². The third kappa shape index (κ3) is 3.45. The molecule has 3 heterocycles. The Labute approximate surface area is 165 Å². The lowest BCUT2D eigenvalue weighted by molar-refractivity contribution is -0.141. The van der Waals surface area contributed by atoms with E-state index in [-0.39, 0.29) is 24.3 Å². The summed E-state index contributed by atoms with van der Waals surface area (Å²) in [5.74, 6) is 0.130. The van der Waals surface area contributed by atoms with Crippen molar-refractivity contribution in [1.29, 1.82) is 0 Å². The predicted octanol–water partition coefficient (Wildman–Crippen LogP) is 1.34. The second-order valence-corrected chi connectivity index (χ2v) is 7.97. The van der Waals surface area contributed by atoms with Crippen LogP contribution in [-0.4, -0.2) is 65.9 Å². The summed E-state index contributed by atoms with van der Waals surface area (Å²) < 4.78 is 0. The van der Waals surface area contributed by atoms with Gasteiger partial charge in [0.15, 0.2) is 0 Å². The number of para-hydroxylation sites is 1. The van der Waals surface area contributed by atoms with Crippen LogP contribution in [-0.2, 0) is 14.4 Å². The van der Waals surface area contributed by atoms with Crippen LogP contribution in [0.5, 0.6) is 0 Å². The summed E-state index contributed by atoms with van der Waals surface area (Å²) in [4.78, 5) is 43.3. The van der Waals surface area contributed by atoms with Gasteiger partial charge in [0, 0.05) is 31.7 Å². The second kappa shape index (κ2) is 7.81. The number of likely N-dealkylation sites (tertiary alicyclic amines) is 2. The molecule has 3 aliphatic heterocycles. The molecule has 150 valence electrons. The van der Waals surface area contributed by atoms with Gasteiger partial charge in [-0.05, 0) is 37.8 Å². The predicted molar refractivity (Wildman–Crippen MR) is 106 cm³/mol. The van der Waals surface area contributed by atoms with Gasteiger partial charge < -0.3 is 20.0 Å². The van der Waals surface area contributed by atoms with Crippen molar-refractivity contribution in [3.8, 4) is 0 Å². The number of anilines is 1. The molecule has 0 bridgehead atoms. The fraction of sp³-hybridized carbons (Fsp3) is 0.571. The summed E-state index contributed by atoms with van der Waals surface area (Å²) >= 11 is 0. The average molecular weight is 384 g/mol. The molecule has 7 nitrogen and oxygen atoms in total. The minimum Gasteiger partial charge on any atom is -0.341 e. The van der Waals surface area contributed by atoms with E-state index in [2.05, 4.69) is 10.2 Å². The highest BCUT2D eigenvalue weighted by Crippen LogP contribution is 2.36. The largest absolute Gasteiger partial charge is 0.341 e. The van der Waals surface area contributed by atoms with E-state index in [1.165, 1.54) is 0 Å². The van der Waals surface area contributed by atoms with Crippen molar-refractivity contribution in [2.45, 2.75) is 44.1 Å². The van der Waals surface area contributed by atoms with Gasteiger partial charge in [-0.1, -0.05) is 24.6 Å². The van der Waals surface area contributed by atoms with Crippen LogP contribution >= 0.6 is 0 Å². The Bertz CT molecular complexity index is 743. The van der Waals surface area contributed by atoms with Crippen molar-refractivity contribution >= 4 is 23.4 Å². The SMILES string of the molecule is O=C(CN1CCCCCC1=O)N1CCC2(CC1)C(=O)NCN2c1ccccc1. The minimum absolute atomic E-state index is 0.00485. The molecule has 1 aromatic rings. The number of benzene rings is 1. The van der Waals surface area contributed by atoms with Crippen LogP contribution < -0.4 is 10.2 Å². The molecule has 7 heteroatoms. The lowest BCUT2D eigenvalue weighted by Crippen LogP contribution is -2.58. The first-order valence-electron chi connectivity index (χ1n) is 10.3. The van der Waals surface area contributed by atoms with E-state index in [1.807, 2.05) is 35.2 Å². The number of nitrogens with zero attached hydrogens (tertiary/aromatic N) is 3. The van der Waals surface area contributed by atoms with Crippen molar-refractivity contribution in [3.05, 3.63) is 30.3 Å². The molecule has 4 rings (SSSR count). The Kier molecular flexibility index (Phi) is 5.24. The van der Waals surface area contributed by atoms with Crippen LogP contribution in [0, 0.1) is 0 Å². The number of piperidine rings is 1. The van der Waals surface area contributed by atoms with Crippen LogP contribution in [0.1, 0.15) is 38.5 Å². The molecule has 0 unspecified atom stereocenters. The average Bonchev–Trinajstić information content (AvgIpc) is 2.88. The molecule has 28 heavy (non-hydrogen) atoms. The number of nitrogens with one attached hydrogen (secondary N) is 1. The van der Waals surface area contributed by atoms with Crippen LogP contribution in [0.25, 0.3) is 0 Å². The van der Waals surface area contributed by atoms with Crippen molar-refractivity contribution in [1.82, 2.24) is 15.1 Å². The van der Waals surface area contributed by atoms with Crippen molar-refractivity contribution in [2.24, 2.45) is 0 Å². The van der Waals surface area contributed by atoms with Gasteiger partial charge in [0.05, 0.1) is 13.2 Å². The normalized spacial score (nSPS) is 22.4. The van der Waals surface area contributed by atoms with E-state index in [0.717, 1.165) is 24.9 Å². The summed E-state index contributed by atoms with van der Waals surface area (Å²) in [5, 5.41) is 2.98. The van der Waals surface area contributed by atoms with Crippen LogP contribution in [0.15, 0.2) is 30.3 Å². The first-order chi connectivity index (χ1) is 13.6. The highest BCUT2D eigenvalue weighted by molar-refractivity contribution is 5.94. The first-order valence-corrected chi connectivity index (χ1v) is 10.3. The zero-order valence-corrected chi connectivity index (χ0v) is 16.2. The Balaban J connectivity index is 1.41. The van der Waals surface area contributed by atoms with Gasteiger partial charge in [0.2, 0.25) is 17.7 Å². The van der Waals surface area contributed by atoms with E-state index in [4.69, 9.17) is 0 Å². The molecule has 0 aliphatic carbocycles. The fourth-order valence-electron chi connectivity index (χ4n) is 4.63. The third-order valence-electron chi connectivity index (χ3n) is 6.35. The maximum atomic E-state index is 12.8. The maximum absolute atomic E-state index is 12.8. The topological polar surface area (TPSA) is 73.0 Å². The van der Waals surface area contributed by atoms with E-state index < -0.39 is 5.54 Å². The lowest BCUT2D eigenvalue weighted by Gasteiger charge is -2.43.